The number of oxime groups is 1. The molecule has 6 rings (SSSR count). The highest BCUT2D eigenvalue weighted by molar-refractivity contribution is 6.46. The van der Waals surface area contributed by atoms with Crippen LogP contribution in [0.4, 0.5) is 0 Å². The smallest absolute Gasteiger partial charge is 0.210 e. The summed E-state index contributed by atoms with van der Waals surface area (Å²) in [6, 6.07) is 26.4. The van der Waals surface area contributed by atoms with Gasteiger partial charge in [0.25, 0.3) is 0 Å². The summed E-state index contributed by atoms with van der Waals surface area (Å²) in [5, 5.41) is 14.9. The maximum Gasteiger partial charge on any atom is 0.210 e. The molecule has 1 atom stereocenters. The molecule has 5 heteroatoms. The highest BCUT2D eigenvalue weighted by atomic mass is 16.4. The molecule has 230 valence electrons. The van der Waals surface area contributed by atoms with E-state index in [0.29, 0.717) is 23.1 Å². The van der Waals surface area contributed by atoms with Crippen LogP contribution in [0.15, 0.2) is 84.0 Å². The van der Waals surface area contributed by atoms with E-state index in [1.54, 1.807) is 0 Å². The summed E-state index contributed by atoms with van der Waals surface area (Å²) in [5.41, 5.74) is 8.71. The Bertz CT molecular complexity index is 1980. The molecule has 5 aromatic rings. The average molecular weight is 599 g/mol. The fourth-order valence-electron chi connectivity index (χ4n) is 7.12. The number of fused-ring (bicyclic) bond motifs is 6. The van der Waals surface area contributed by atoms with Crippen LogP contribution in [0.5, 0.6) is 0 Å². The van der Waals surface area contributed by atoms with Gasteiger partial charge >= 0.3 is 0 Å². The zero-order valence-electron chi connectivity index (χ0n) is 27.0. The standard InChI is InChI=1S/C40H42N2O3/c1-6-8-9-10-15-35(41-45)39(44)28-18-21-37-32(24-28)31-23-27(17-20-36(31)42(37)25(3)7-2)38(43)26-16-19-34-30(22-26)29-13-11-12-14-33(29)40(34,4)5/h11-14,16-25,45H,6-10,15H2,1-5H3/b41-35+. The van der Waals surface area contributed by atoms with Crippen molar-refractivity contribution in [3.8, 4) is 11.1 Å². The lowest BCUT2D eigenvalue weighted by atomic mass is 9.82. The minimum atomic E-state index is -0.256. The first kappa shape index (κ1) is 30.5. The van der Waals surface area contributed by atoms with E-state index in [1.807, 2.05) is 48.5 Å². The minimum absolute atomic E-state index is 0.0275. The SMILES string of the molecule is CCCCCC/C(=N\O)C(=O)c1ccc2c(c1)c1cc(C(=O)c3ccc4c(c3)-c3ccccc3C4(C)C)ccc1n2C(C)CC. The third-order valence-electron chi connectivity index (χ3n) is 9.85. The number of ketones is 2. The van der Waals surface area contributed by atoms with Gasteiger partial charge in [-0.2, -0.15) is 0 Å². The molecule has 0 bridgehead atoms. The van der Waals surface area contributed by atoms with E-state index >= 15 is 0 Å². The number of benzene rings is 4. The third-order valence-corrected chi connectivity index (χ3v) is 9.85. The zero-order valence-corrected chi connectivity index (χ0v) is 27.0. The topological polar surface area (TPSA) is 71.7 Å². The maximum absolute atomic E-state index is 14.0. The van der Waals surface area contributed by atoms with Gasteiger partial charge in [0.2, 0.25) is 5.78 Å². The Kier molecular flexibility index (Phi) is 8.22. The Morgan fingerprint density at radius 1 is 0.778 bits per heavy atom. The van der Waals surface area contributed by atoms with Gasteiger partial charge < -0.3 is 9.77 Å². The Morgan fingerprint density at radius 3 is 2.09 bits per heavy atom. The van der Waals surface area contributed by atoms with Crippen molar-refractivity contribution in [1.29, 1.82) is 0 Å². The molecule has 0 aliphatic heterocycles. The largest absolute Gasteiger partial charge is 0.411 e. The lowest BCUT2D eigenvalue weighted by molar-refractivity contribution is 0.103. The molecule has 0 saturated carbocycles. The number of carbonyl (C=O) groups is 2. The van der Waals surface area contributed by atoms with E-state index in [9.17, 15) is 14.8 Å². The number of carbonyl (C=O) groups excluding carboxylic acids is 2. The van der Waals surface area contributed by atoms with Crippen molar-refractivity contribution in [1.82, 2.24) is 4.57 Å². The number of hydrogen-bond acceptors (Lipinski definition) is 4. The molecule has 0 spiro atoms. The van der Waals surface area contributed by atoms with Crippen molar-refractivity contribution in [2.24, 2.45) is 5.16 Å². The molecule has 1 aliphatic carbocycles. The average Bonchev–Trinajstić information content (AvgIpc) is 3.51. The van der Waals surface area contributed by atoms with E-state index in [4.69, 9.17) is 0 Å². The Morgan fingerprint density at radius 2 is 1.40 bits per heavy atom. The van der Waals surface area contributed by atoms with E-state index < -0.39 is 0 Å². The number of unbranched alkanes of at least 4 members (excludes halogenated alkanes) is 3. The maximum atomic E-state index is 14.0. The molecule has 0 fully saturated rings. The number of nitrogens with zero attached hydrogens (tertiary/aromatic N) is 2. The van der Waals surface area contributed by atoms with E-state index in [1.165, 1.54) is 16.7 Å². The van der Waals surface area contributed by atoms with Gasteiger partial charge in [-0.3, -0.25) is 9.59 Å². The van der Waals surface area contributed by atoms with E-state index in [2.05, 4.69) is 74.7 Å². The number of Topliss-reactive ketones (excluding diaryl/α,β-unsaturated/α-hetero) is 1. The van der Waals surface area contributed by atoms with Gasteiger partial charge in [0.15, 0.2) is 5.78 Å². The van der Waals surface area contributed by atoms with Crippen molar-refractivity contribution < 1.29 is 14.8 Å². The summed E-state index contributed by atoms with van der Waals surface area (Å²) in [7, 11) is 0. The van der Waals surface area contributed by atoms with E-state index in [-0.39, 0.29) is 28.7 Å². The monoisotopic (exact) mass is 598 g/mol. The van der Waals surface area contributed by atoms with Crippen molar-refractivity contribution in [2.45, 2.75) is 84.6 Å². The van der Waals surface area contributed by atoms with Crippen LogP contribution >= 0.6 is 0 Å². The molecule has 45 heavy (non-hydrogen) atoms. The fourth-order valence-corrected chi connectivity index (χ4v) is 7.12. The van der Waals surface area contributed by atoms with Crippen molar-refractivity contribution in [2.75, 3.05) is 0 Å². The molecule has 1 heterocycles. The molecule has 1 aromatic heterocycles. The second-order valence-electron chi connectivity index (χ2n) is 13.0. The van der Waals surface area contributed by atoms with Gasteiger partial charge in [0, 0.05) is 50.0 Å². The Balaban J connectivity index is 1.42. The van der Waals surface area contributed by atoms with Gasteiger partial charge in [0.05, 0.1) is 0 Å². The molecule has 4 aromatic carbocycles. The molecule has 0 amide bonds. The van der Waals surface area contributed by atoms with Crippen LogP contribution < -0.4 is 0 Å². The van der Waals surface area contributed by atoms with Crippen LogP contribution in [-0.2, 0) is 5.41 Å². The summed E-state index contributed by atoms with van der Waals surface area (Å²) < 4.78 is 2.30. The number of aromatic nitrogens is 1. The molecule has 0 saturated heterocycles. The number of rotatable bonds is 11. The molecular weight excluding hydrogens is 556 g/mol. The first-order valence-electron chi connectivity index (χ1n) is 16.3. The molecule has 1 unspecified atom stereocenters. The predicted molar refractivity (Wildman–Crippen MR) is 184 cm³/mol. The molecular formula is C40H42N2O3. The van der Waals surface area contributed by atoms with Crippen LogP contribution in [0.3, 0.4) is 0 Å². The fraction of sp³-hybridized carbons (Fsp3) is 0.325. The van der Waals surface area contributed by atoms with Gasteiger partial charge in [0.1, 0.15) is 5.71 Å². The predicted octanol–water partition coefficient (Wildman–Crippen LogP) is 10.3. The highest BCUT2D eigenvalue weighted by Crippen LogP contribution is 2.48. The lowest BCUT2D eigenvalue weighted by Gasteiger charge is -2.21. The second kappa shape index (κ2) is 12.1. The van der Waals surface area contributed by atoms with Gasteiger partial charge in [-0.05, 0) is 90.9 Å². The van der Waals surface area contributed by atoms with Crippen molar-refractivity contribution in [3.63, 3.8) is 0 Å². The molecule has 5 nitrogen and oxygen atoms in total. The van der Waals surface area contributed by atoms with Crippen LogP contribution in [-0.4, -0.2) is 27.1 Å². The van der Waals surface area contributed by atoms with Crippen LogP contribution in [0, 0.1) is 0 Å². The normalized spacial score (nSPS) is 14.5. The molecule has 1 aliphatic rings. The van der Waals surface area contributed by atoms with Crippen LogP contribution in [0.25, 0.3) is 32.9 Å². The summed E-state index contributed by atoms with van der Waals surface area (Å²) in [5.74, 6) is -0.283. The molecule has 0 radical (unpaired) electrons. The highest BCUT2D eigenvalue weighted by Gasteiger charge is 2.35. The minimum Gasteiger partial charge on any atom is -0.411 e. The van der Waals surface area contributed by atoms with Gasteiger partial charge in [-0.15, -0.1) is 0 Å². The summed E-state index contributed by atoms with van der Waals surface area (Å²) in [6.07, 6.45) is 5.38. The van der Waals surface area contributed by atoms with Crippen LogP contribution in [0.2, 0.25) is 0 Å². The number of hydrogen-bond donors (Lipinski definition) is 1. The van der Waals surface area contributed by atoms with Crippen LogP contribution in [0.1, 0.15) is 117 Å². The second-order valence-corrected chi connectivity index (χ2v) is 13.0. The van der Waals surface area contributed by atoms with Gasteiger partial charge in [-0.25, -0.2) is 0 Å². The summed E-state index contributed by atoms with van der Waals surface area (Å²) >= 11 is 0. The van der Waals surface area contributed by atoms with E-state index in [0.717, 1.165) is 59.5 Å². The Labute approximate surface area is 265 Å². The van der Waals surface area contributed by atoms with Gasteiger partial charge in [-0.1, -0.05) is 88.5 Å². The van der Waals surface area contributed by atoms with Crippen molar-refractivity contribution >= 4 is 39.1 Å². The summed E-state index contributed by atoms with van der Waals surface area (Å²) in [6.45, 7) is 11.0. The zero-order chi connectivity index (χ0) is 31.9. The first-order valence-corrected chi connectivity index (χ1v) is 16.3. The quantitative estimate of drug-likeness (QED) is 0.0540. The Hall–Kier alpha value is -4.51. The third kappa shape index (κ3) is 5.18. The lowest BCUT2D eigenvalue weighted by Crippen LogP contribution is -2.15. The van der Waals surface area contributed by atoms with Crippen molar-refractivity contribution in [3.05, 3.63) is 107 Å². The summed E-state index contributed by atoms with van der Waals surface area (Å²) in [4.78, 5) is 27.5. The first-order chi connectivity index (χ1) is 21.7. The molecule has 1 N–H and O–H groups in total.